The van der Waals surface area contributed by atoms with Gasteiger partial charge in [0.25, 0.3) is 5.91 Å². The fourth-order valence-electron chi connectivity index (χ4n) is 3.73. The topological polar surface area (TPSA) is 49.3 Å². The number of rotatable bonds is 5. The molecule has 0 atom stereocenters. The molecule has 2 saturated heterocycles. The maximum absolute atomic E-state index is 12.4. The lowest BCUT2D eigenvalue weighted by Crippen LogP contribution is -2.30. The molecular weight excluding hydrogens is 392 g/mol. The molecule has 148 valence electrons. The maximum Gasteiger partial charge on any atom is 0.253 e. The number of aromatic nitrogens is 2. The number of amides is 1. The number of hydrogen-bond donors (Lipinski definition) is 0. The third-order valence-corrected chi connectivity index (χ3v) is 6.42. The highest BCUT2D eigenvalue weighted by atomic mass is 35.5. The van der Waals surface area contributed by atoms with Gasteiger partial charge in [0, 0.05) is 43.6 Å². The lowest BCUT2D eigenvalue weighted by atomic mass is 10.1. The van der Waals surface area contributed by atoms with Crippen molar-refractivity contribution in [3.05, 3.63) is 46.6 Å². The second-order valence-electron chi connectivity index (χ2n) is 7.36. The first kappa shape index (κ1) is 19.5. The van der Waals surface area contributed by atoms with Gasteiger partial charge in [0.1, 0.15) is 11.0 Å². The number of carbonyl (C=O) groups excluding carboxylic acids is 1. The second-order valence-corrected chi connectivity index (χ2v) is 8.69. The number of anilines is 1. The summed E-state index contributed by atoms with van der Waals surface area (Å²) >= 11 is 7.81. The zero-order valence-electron chi connectivity index (χ0n) is 15.9. The van der Waals surface area contributed by atoms with Crippen LogP contribution in [0.2, 0.25) is 5.15 Å². The summed E-state index contributed by atoms with van der Waals surface area (Å²) in [4.78, 5) is 25.7. The number of benzene rings is 1. The van der Waals surface area contributed by atoms with E-state index in [1.54, 1.807) is 11.8 Å². The van der Waals surface area contributed by atoms with Crippen LogP contribution in [0, 0.1) is 0 Å². The number of likely N-dealkylation sites (tertiary alicyclic amines) is 1. The minimum Gasteiger partial charge on any atom is -0.356 e. The molecule has 0 unspecified atom stereocenters. The van der Waals surface area contributed by atoms with E-state index in [4.69, 9.17) is 16.6 Å². The van der Waals surface area contributed by atoms with Gasteiger partial charge in [0.15, 0.2) is 5.16 Å². The highest BCUT2D eigenvalue weighted by Gasteiger charge is 2.19. The lowest BCUT2D eigenvalue weighted by Gasteiger charge is -2.27. The average molecular weight is 417 g/mol. The van der Waals surface area contributed by atoms with E-state index in [1.165, 1.54) is 19.3 Å². The van der Waals surface area contributed by atoms with Gasteiger partial charge in [0.2, 0.25) is 0 Å². The molecule has 28 heavy (non-hydrogen) atoms. The zero-order valence-corrected chi connectivity index (χ0v) is 17.5. The van der Waals surface area contributed by atoms with Crippen molar-refractivity contribution in [3.8, 4) is 0 Å². The molecule has 2 aliphatic heterocycles. The van der Waals surface area contributed by atoms with Gasteiger partial charge in [-0.3, -0.25) is 4.79 Å². The van der Waals surface area contributed by atoms with Crippen LogP contribution in [0.15, 0.2) is 35.5 Å². The first-order valence-electron chi connectivity index (χ1n) is 9.99. The Labute approximate surface area is 175 Å². The Morgan fingerprint density at radius 2 is 1.64 bits per heavy atom. The molecule has 0 aliphatic carbocycles. The van der Waals surface area contributed by atoms with Crippen LogP contribution in [0.4, 0.5) is 5.82 Å². The van der Waals surface area contributed by atoms with Crippen molar-refractivity contribution in [3.63, 3.8) is 0 Å². The van der Waals surface area contributed by atoms with Crippen LogP contribution in [0.3, 0.4) is 0 Å². The van der Waals surface area contributed by atoms with Crippen molar-refractivity contribution in [1.29, 1.82) is 0 Å². The molecule has 0 bridgehead atoms. The molecule has 0 radical (unpaired) electrons. The van der Waals surface area contributed by atoms with E-state index in [9.17, 15) is 4.79 Å². The van der Waals surface area contributed by atoms with Crippen LogP contribution in [-0.4, -0.2) is 47.0 Å². The fraction of sp³-hybridized carbons (Fsp3) is 0.476. The first-order valence-corrected chi connectivity index (χ1v) is 11.4. The molecule has 2 aliphatic rings. The fourth-order valence-corrected chi connectivity index (χ4v) is 4.77. The number of piperidine rings is 1. The first-order chi connectivity index (χ1) is 13.7. The van der Waals surface area contributed by atoms with Crippen molar-refractivity contribution in [2.45, 2.75) is 43.0 Å². The molecule has 1 amide bonds. The zero-order chi connectivity index (χ0) is 19.3. The van der Waals surface area contributed by atoms with E-state index in [-0.39, 0.29) is 5.91 Å². The van der Waals surface area contributed by atoms with Crippen LogP contribution in [-0.2, 0) is 5.75 Å². The Kier molecular flexibility index (Phi) is 6.37. The van der Waals surface area contributed by atoms with Crippen molar-refractivity contribution < 1.29 is 4.79 Å². The third kappa shape index (κ3) is 4.78. The SMILES string of the molecule is O=C(c1ccc(CSc2nc(Cl)cc(N3CCCCC3)n2)cc1)N1CCCC1. The van der Waals surface area contributed by atoms with Gasteiger partial charge < -0.3 is 9.80 Å². The largest absolute Gasteiger partial charge is 0.356 e. The molecule has 1 aromatic carbocycles. The van der Waals surface area contributed by atoms with Gasteiger partial charge in [-0.1, -0.05) is 35.5 Å². The average Bonchev–Trinajstić information content (AvgIpc) is 3.27. The Morgan fingerprint density at radius 1 is 0.964 bits per heavy atom. The van der Waals surface area contributed by atoms with Crippen LogP contribution >= 0.6 is 23.4 Å². The standard InChI is InChI=1S/C21H25ClN4OS/c22-18-14-19(25-10-2-1-3-11-25)24-21(23-18)28-15-16-6-8-17(9-7-16)20(27)26-12-4-5-13-26/h6-9,14H,1-5,10-13,15H2. The molecule has 0 N–H and O–H groups in total. The molecule has 2 fully saturated rings. The van der Waals surface area contributed by atoms with E-state index in [0.717, 1.165) is 61.7 Å². The molecule has 1 aromatic heterocycles. The number of nitrogens with zero attached hydrogens (tertiary/aromatic N) is 4. The van der Waals surface area contributed by atoms with Crippen molar-refractivity contribution in [1.82, 2.24) is 14.9 Å². The Hall–Kier alpha value is -1.79. The predicted molar refractivity (Wildman–Crippen MR) is 114 cm³/mol. The summed E-state index contributed by atoms with van der Waals surface area (Å²) in [5.74, 6) is 1.81. The molecule has 0 spiro atoms. The third-order valence-electron chi connectivity index (χ3n) is 5.30. The number of hydrogen-bond acceptors (Lipinski definition) is 5. The van der Waals surface area contributed by atoms with E-state index in [1.807, 2.05) is 35.2 Å². The lowest BCUT2D eigenvalue weighted by molar-refractivity contribution is 0.0793. The molecular formula is C21H25ClN4OS. The summed E-state index contributed by atoms with van der Waals surface area (Å²) in [6.45, 7) is 3.82. The number of carbonyl (C=O) groups is 1. The Bertz CT molecular complexity index is 818. The molecule has 5 nitrogen and oxygen atoms in total. The highest BCUT2D eigenvalue weighted by Crippen LogP contribution is 2.26. The maximum atomic E-state index is 12.4. The summed E-state index contributed by atoms with van der Waals surface area (Å²) in [5.41, 5.74) is 1.91. The predicted octanol–water partition coefficient (Wildman–Crippen LogP) is 4.65. The van der Waals surface area contributed by atoms with E-state index in [0.29, 0.717) is 10.3 Å². The van der Waals surface area contributed by atoms with E-state index >= 15 is 0 Å². The second kappa shape index (κ2) is 9.14. The van der Waals surface area contributed by atoms with Crippen LogP contribution < -0.4 is 4.90 Å². The molecule has 4 rings (SSSR count). The normalized spacial score (nSPS) is 17.2. The minimum absolute atomic E-state index is 0.140. The molecule has 3 heterocycles. The molecule has 7 heteroatoms. The van der Waals surface area contributed by atoms with Gasteiger partial charge in [-0.15, -0.1) is 0 Å². The van der Waals surface area contributed by atoms with Crippen molar-refractivity contribution in [2.75, 3.05) is 31.1 Å². The molecule has 2 aromatic rings. The van der Waals surface area contributed by atoms with Crippen LogP contribution in [0.5, 0.6) is 0 Å². The van der Waals surface area contributed by atoms with Gasteiger partial charge in [-0.25, -0.2) is 9.97 Å². The monoisotopic (exact) mass is 416 g/mol. The Morgan fingerprint density at radius 3 is 2.36 bits per heavy atom. The number of halogens is 1. The van der Waals surface area contributed by atoms with Gasteiger partial charge >= 0.3 is 0 Å². The van der Waals surface area contributed by atoms with Gasteiger partial charge in [0.05, 0.1) is 0 Å². The number of thioether (sulfide) groups is 1. The Balaban J connectivity index is 1.38. The summed E-state index contributed by atoms with van der Waals surface area (Å²) in [7, 11) is 0. The van der Waals surface area contributed by atoms with Gasteiger partial charge in [-0.05, 0) is 49.8 Å². The van der Waals surface area contributed by atoms with Crippen LogP contribution in [0.25, 0.3) is 0 Å². The quantitative estimate of drug-likeness (QED) is 0.403. The summed E-state index contributed by atoms with van der Waals surface area (Å²) in [6, 6.07) is 9.75. The smallest absolute Gasteiger partial charge is 0.253 e. The van der Waals surface area contributed by atoms with E-state index < -0.39 is 0 Å². The van der Waals surface area contributed by atoms with E-state index in [2.05, 4.69) is 9.88 Å². The summed E-state index contributed by atoms with van der Waals surface area (Å²) in [6.07, 6.45) is 5.91. The minimum atomic E-state index is 0.140. The molecule has 0 saturated carbocycles. The summed E-state index contributed by atoms with van der Waals surface area (Å²) in [5, 5.41) is 1.19. The highest BCUT2D eigenvalue weighted by molar-refractivity contribution is 7.98. The summed E-state index contributed by atoms with van der Waals surface area (Å²) < 4.78 is 0. The van der Waals surface area contributed by atoms with Crippen molar-refractivity contribution >= 4 is 35.1 Å². The van der Waals surface area contributed by atoms with Crippen LogP contribution in [0.1, 0.15) is 48.0 Å². The van der Waals surface area contributed by atoms with Crippen molar-refractivity contribution in [2.24, 2.45) is 0 Å². The van der Waals surface area contributed by atoms with Gasteiger partial charge in [-0.2, -0.15) is 0 Å².